The minimum atomic E-state index is -0.177. The number of carbonyl (C=O) groups excluding carboxylic acids is 1. The zero-order valence-corrected chi connectivity index (χ0v) is 14.9. The molecule has 0 aliphatic carbocycles. The molecule has 0 spiro atoms. The van der Waals surface area contributed by atoms with Gasteiger partial charge in [0.1, 0.15) is 0 Å². The molecular formula is C19H25N3OS. The van der Waals surface area contributed by atoms with Crippen molar-refractivity contribution in [3.05, 3.63) is 51.7 Å². The van der Waals surface area contributed by atoms with E-state index < -0.39 is 0 Å². The maximum absolute atomic E-state index is 11.4. The molecule has 0 bridgehead atoms. The Morgan fingerprint density at radius 1 is 1.25 bits per heavy atom. The van der Waals surface area contributed by atoms with Crippen LogP contribution in [0.5, 0.6) is 0 Å². The third kappa shape index (κ3) is 4.36. The highest BCUT2D eigenvalue weighted by Crippen LogP contribution is 2.23. The van der Waals surface area contributed by atoms with Crippen molar-refractivity contribution in [2.45, 2.75) is 32.9 Å². The summed E-state index contributed by atoms with van der Waals surface area (Å²) in [4.78, 5) is 16.4. The van der Waals surface area contributed by atoms with Gasteiger partial charge >= 0.3 is 0 Å². The quantitative estimate of drug-likeness (QED) is 0.847. The summed E-state index contributed by atoms with van der Waals surface area (Å²) >= 11 is 1.84. The van der Waals surface area contributed by atoms with E-state index in [1.54, 1.807) is 0 Å². The molecule has 5 heteroatoms. The van der Waals surface area contributed by atoms with Crippen LogP contribution in [0.2, 0.25) is 0 Å². The fourth-order valence-corrected chi connectivity index (χ4v) is 4.04. The number of piperidine rings is 1. The van der Waals surface area contributed by atoms with Gasteiger partial charge in [-0.25, -0.2) is 0 Å². The summed E-state index contributed by atoms with van der Waals surface area (Å²) in [6, 6.07) is 13.0. The van der Waals surface area contributed by atoms with Gasteiger partial charge in [0.2, 0.25) is 5.91 Å². The van der Waals surface area contributed by atoms with Crippen molar-refractivity contribution >= 4 is 22.9 Å². The van der Waals surface area contributed by atoms with Crippen LogP contribution >= 0.6 is 11.3 Å². The lowest BCUT2D eigenvalue weighted by Gasteiger charge is -2.33. The third-order valence-corrected chi connectivity index (χ3v) is 5.55. The summed E-state index contributed by atoms with van der Waals surface area (Å²) in [6.07, 6.45) is 1.94. The predicted molar refractivity (Wildman–Crippen MR) is 100 cm³/mol. The standard InChI is InChI=1S/C19H25N3OS/c1-14-4-9-18(24-14)12-21-11-15-5-7-17(8-6-15)22-10-2-3-16(13-22)19(20)23/h4-9,16,21H,2-3,10-13H2,1H3,(H2,20,23)/t16-/m0/s1. The molecule has 3 N–H and O–H groups in total. The molecule has 2 aromatic rings. The second-order valence-electron chi connectivity index (χ2n) is 6.47. The maximum Gasteiger partial charge on any atom is 0.222 e. The second kappa shape index (κ2) is 7.81. The summed E-state index contributed by atoms with van der Waals surface area (Å²) in [6.45, 7) is 5.65. The zero-order valence-electron chi connectivity index (χ0n) is 14.1. The molecule has 1 atom stereocenters. The Hall–Kier alpha value is -1.85. The summed E-state index contributed by atoms with van der Waals surface area (Å²) < 4.78 is 0. The van der Waals surface area contributed by atoms with Gasteiger partial charge in [0.05, 0.1) is 5.92 Å². The van der Waals surface area contributed by atoms with E-state index in [2.05, 4.69) is 53.5 Å². The first-order valence-corrected chi connectivity index (χ1v) is 9.33. The van der Waals surface area contributed by atoms with Crippen LogP contribution in [-0.2, 0) is 17.9 Å². The predicted octanol–water partition coefficient (Wildman–Crippen LogP) is 3.05. The number of amides is 1. The first kappa shape index (κ1) is 17.0. The molecule has 2 heterocycles. The number of hydrogen-bond acceptors (Lipinski definition) is 4. The van der Waals surface area contributed by atoms with Gasteiger partial charge in [-0.05, 0) is 49.6 Å². The molecular weight excluding hydrogens is 318 g/mol. The lowest BCUT2D eigenvalue weighted by molar-refractivity contribution is -0.122. The van der Waals surface area contributed by atoms with Gasteiger partial charge in [0.15, 0.2) is 0 Å². The number of carbonyl (C=O) groups is 1. The molecule has 1 aliphatic rings. The molecule has 0 saturated carbocycles. The average Bonchev–Trinajstić information content (AvgIpc) is 3.01. The first-order chi connectivity index (χ1) is 11.6. The summed E-state index contributed by atoms with van der Waals surface area (Å²) in [5, 5.41) is 3.49. The monoisotopic (exact) mass is 343 g/mol. The SMILES string of the molecule is Cc1ccc(CNCc2ccc(N3CCC[C@H](C(N)=O)C3)cc2)s1. The molecule has 1 aromatic heterocycles. The van der Waals surface area contributed by atoms with E-state index in [9.17, 15) is 4.79 Å². The zero-order chi connectivity index (χ0) is 16.9. The van der Waals surface area contributed by atoms with E-state index in [4.69, 9.17) is 5.73 Å². The van der Waals surface area contributed by atoms with Gasteiger partial charge in [-0.3, -0.25) is 4.79 Å². The minimum absolute atomic E-state index is 0.0191. The average molecular weight is 343 g/mol. The number of benzene rings is 1. The van der Waals surface area contributed by atoms with Crippen LogP contribution in [0.1, 0.15) is 28.2 Å². The highest BCUT2D eigenvalue weighted by atomic mass is 32.1. The summed E-state index contributed by atoms with van der Waals surface area (Å²) in [5.74, 6) is -0.196. The highest BCUT2D eigenvalue weighted by molar-refractivity contribution is 7.11. The molecule has 1 amide bonds. The van der Waals surface area contributed by atoms with Gasteiger partial charge in [0.25, 0.3) is 0 Å². The van der Waals surface area contributed by atoms with E-state index in [-0.39, 0.29) is 11.8 Å². The highest BCUT2D eigenvalue weighted by Gasteiger charge is 2.23. The summed E-state index contributed by atoms with van der Waals surface area (Å²) in [5.41, 5.74) is 7.92. The van der Waals surface area contributed by atoms with Gasteiger partial charge in [-0.15, -0.1) is 11.3 Å². The third-order valence-electron chi connectivity index (χ3n) is 4.55. The van der Waals surface area contributed by atoms with Crippen LogP contribution < -0.4 is 16.0 Å². The number of nitrogens with one attached hydrogen (secondary N) is 1. The minimum Gasteiger partial charge on any atom is -0.371 e. The Kier molecular flexibility index (Phi) is 5.53. The van der Waals surface area contributed by atoms with Crippen LogP contribution in [0.4, 0.5) is 5.69 Å². The fourth-order valence-electron chi connectivity index (χ4n) is 3.18. The van der Waals surface area contributed by atoms with Gasteiger partial charge < -0.3 is 16.0 Å². The smallest absolute Gasteiger partial charge is 0.222 e. The largest absolute Gasteiger partial charge is 0.371 e. The van der Waals surface area contributed by atoms with E-state index in [1.807, 2.05) is 11.3 Å². The van der Waals surface area contributed by atoms with Crippen LogP contribution in [0.15, 0.2) is 36.4 Å². The van der Waals surface area contributed by atoms with Gasteiger partial charge in [-0.1, -0.05) is 12.1 Å². The van der Waals surface area contributed by atoms with Crippen LogP contribution in [0, 0.1) is 12.8 Å². The number of rotatable bonds is 6. The normalized spacial score (nSPS) is 17.9. The van der Waals surface area contributed by atoms with Crippen LogP contribution in [0.25, 0.3) is 0 Å². The lowest BCUT2D eigenvalue weighted by Crippen LogP contribution is -2.41. The lowest BCUT2D eigenvalue weighted by atomic mass is 9.97. The number of anilines is 1. The number of aryl methyl sites for hydroxylation is 1. The topological polar surface area (TPSA) is 58.4 Å². The van der Waals surface area contributed by atoms with Crippen molar-refractivity contribution in [1.82, 2.24) is 5.32 Å². The number of hydrogen-bond donors (Lipinski definition) is 2. The van der Waals surface area contributed by atoms with Crippen molar-refractivity contribution < 1.29 is 4.79 Å². The molecule has 1 saturated heterocycles. The Bertz CT molecular complexity index is 680. The van der Waals surface area contributed by atoms with Crippen molar-refractivity contribution in [2.24, 2.45) is 11.7 Å². The van der Waals surface area contributed by atoms with Crippen molar-refractivity contribution in [2.75, 3.05) is 18.0 Å². The van der Waals surface area contributed by atoms with Gasteiger partial charge in [-0.2, -0.15) is 0 Å². The van der Waals surface area contributed by atoms with E-state index in [0.717, 1.165) is 39.0 Å². The van der Waals surface area contributed by atoms with E-state index in [0.29, 0.717) is 0 Å². The first-order valence-electron chi connectivity index (χ1n) is 8.51. The second-order valence-corrected chi connectivity index (χ2v) is 7.84. The molecule has 1 fully saturated rings. The number of thiophene rings is 1. The molecule has 4 nitrogen and oxygen atoms in total. The number of nitrogens with zero attached hydrogens (tertiary/aromatic N) is 1. The molecule has 128 valence electrons. The molecule has 24 heavy (non-hydrogen) atoms. The molecule has 1 aliphatic heterocycles. The molecule has 0 unspecified atom stereocenters. The van der Waals surface area contributed by atoms with E-state index in [1.165, 1.54) is 21.0 Å². The molecule has 0 radical (unpaired) electrons. The van der Waals surface area contributed by atoms with E-state index >= 15 is 0 Å². The Labute approximate surface area is 147 Å². The Morgan fingerprint density at radius 2 is 2.04 bits per heavy atom. The van der Waals surface area contributed by atoms with Crippen molar-refractivity contribution in [3.8, 4) is 0 Å². The van der Waals surface area contributed by atoms with Crippen molar-refractivity contribution in [1.29, 1.82) is 0 Å². The van der Waals surface area contributed by atoms with Crippen LogP contribution in [0.3, 0.4) is 0 Å². The fraction of sp³-hybridized carbons (Fsp3) is 0.421. The summed E-state index contributed by atoms with van der Waals surface area (Å²) in [7, 11) is 0. The van der Waals surface area contributed by atoms with Crippen molar-refractivity contribution in [3.63, 3.8) is 0 Å². The Morgan fingerprint density at radius 3 is 2.71 bits per heavy atom. The van der Waals surface area contributed by atoms with Crippen LogP contribution in [-0.4, -0.2) is 19.0 Å². The number of primary amides is 1. The Balaban J connectivity index is 1.52. The van der Waals surface area contributed by atoms with Gasteiger partial charge in [0, 0.05) is 41.6 Å². The molecule has 3 rings (SSSR count). The number of nitrogens with two attached hydrogens (primary N) is 1. The molecule has 1 aromatic carbocycles. The maximum atomic E-state index is 11.4.